The van der Waals surface area contributed by atoms with Crippen LogP contribution in [-0.2, 0) is 23.2 Å². The first kappa shape index (κ1) is 30.3. The van der Waals surface area contributed by atoms with Crippen LogP contribution in [0.5, 0.6) is 5.75 Å². The van der Waals surface area contributed by atoms with E-state index in [-0.39, 0.29) is 36.6 Å². The highest BCUT2D eigenvalue weighted by molar-refractivity contribution is 5.95. The average molecular weight is 612 g/mol. The Balaban J connectivity index is 1.08. The summed E-state index contributed by atoms with van der Waals surface area (Å²) in [4.78, 5) is 15.6. The van der Waals surface area contributed by atoms with Crippen molar-refractivity contribution in [1.29, 1.82) is 0 Å². The first-order valence-corrected chi connectivity index (χ1v) is 15.0. The van der Waals surface area contributed by atoms with Gasteiger partial charge in [-0.3, -0.25) is 10.1 Å². The third-order valence-corrected chi connectivity index (χ3v) is 8.79. The Morgan fingerprint density at radius 3 is 2.43 bits per heavy atom. The van der Waals surface area contributed by atoms with E-state index >= 15 is 0 Å². The third kappa shape index (κ3) is 6.23. The second-order valence-electron chi connectivity index (χ2n) is 11.8. The molecule has 1 aliphatic carbocycles. The molecule has 0 radical (unpaired) electrons. The summed E-state index contributed by atoms with van der Waals surface area (Å²) in [5.74, 6) is -5.92. The number of piperazine rings is 1. The van der Waals surface area contributed by atoms with Gasteiger partial charge in [-0.2, -0.15) is 4.39 Å². The molecule has 2 heterocycles. The highest BCUT2D eigenvalue weighted by atomic mass is 19.2. The van der Waals surface area contributed by atoms with Crippen LogP contribution in [0.15, 0.2) is 66.2 Å². The predicted octanol–water partition coefficient (Wildman–Crippen LogP) is 5.71. The van der Waals surface area contributed by atoms with Crippen molar-refractivity contribution in [3.05, 3.63) is 112 Å². The second kappa shape index (κ2) is 12.7. The number of benzene rings is 3. The van der Waals surface area contributed by atoms with Crippen LogP contribution in [0, 0.1) is 29.1 Å². The number of carbonyl (C=O) groups is 1. The maximum absolute atomic E-state index is 14.3. The molecule has 5 nitrogen and oxygen atoms in total. The van der Waals surface area contributed by atoms with Crippen LogP contribution < -0.4 is 15.4 Å². The quantitative estimate of drug-likeness (QED) is 0.166. The molecule has 0 spiro atoms. The highest BCUT2D eigenvalue weighted by Crippen LogP contribution is 2.36. The van der Waals surface area contributed by atoms with Crippen molar-refractivity contribution in [1.82, 2.24) is 15.5 Å². The van der Waals surface area contributed by atoms with Gasteiger partial charge in [-0.05, 0) is 73.4 Å². The zero-order chi connectivity index (χ0) is 30.8. The first-order valence-electron chi connectivity index (χ1n) is 15.0. The van der Waals surface area contributed by atoms with Gasteiger partial charge in [-0.25, -0.2) is 17.6 Å². The molecule has 2 bridgehead atoms. The lowest BCUT2D eigenvalue weighted by atomic mass is 9.78. The Morgan fingerprint density at radius 1 is 0.909 bits per heavy atom. The summed E-state index contributed by atoms with van der Waals surface area (Å²) in [6.07, 6.45) is 5.78. The summed E-state index contributed by atoms with van der Waals surface area (Å²) < 4.78 is 74.1. The van der Waals surface area contributed by atoms with Crippen LogP contribution in [-0.4, -0.2) is 49.1 Å². The summed E-state index contributed by atoms with van der Waals surface area (Å²) in [5, 5.41) is 7.20. The Morgan fingerprint density at radius 2 is 1.66 bits per heavy atom. The molecule has 3 aromatic rings. The number of carbonyl (C=O) groups excluding carboxylic acids is 1. The average Bonchev–Trinajstić information content (AvgIpc) is 3.87. The molecule has 3 aromatic carbocycles. The van der Waals surface area contributed by atoms with Crippen LogP contribution in [0.4, 0.5) is 22.0 Å². The van der Waals surface area contributed by atoms with Gasteiger partial charge in [-0.15, -0.1) is 0 Å². The van der Waals surface area contributed by atoms with E-state index in [1.165, 1.54) is 6.07 Å². The zero-order valence-corrected chi connectivity index (χ0v) is 24.2. The van der Waals surface area contributed by atoms with Gasteiger partial charge < -0.3 is 15.0 Å². The van der Waals surface area contributed by atoms with E-state index < -0.39 is 40.4 Å². The summed E-state index contributed by atoms with van der Waals surface area (Å²) in [5.41, 5.74) is 2.66. The summed E-state index contributed by atoms with van der Waals surface area (Å²) in [6, 6.07) is 13.7. The van der Waals surface area contributed by atoms with Crippen molar-refractivity contribution >= 4 is 5.91 Å². The van der Waals surface area contributed by atoms with Crippen molar-refractivity contribution in [3.8, 4) is 5.75 Å². The van der Waals surface area contributed by atoms with Crippen LogP contribution in [0.2, 0.25) is 0 Å². The standard InChI is InChI=1S/C34H34F5N3O2/c35-26-5-1-4-22(30(26)38)15-17-42(24-10-11-24)33(43)25-14-16-34(20-40-19-29(25)41-34)23-8-6-21(7-9-23)3-2-18-44-32-28(37)13-12-27(36)31(32)39/h1,4-9,12-14,24,29,40-41H,2-3,10-11,15-20H2. The Bertz CT molecular complexity index is 1560. The van der Waals surface area contributed by atoms with Gasteiger partial charge in [0.15, 0.2) is 29.0 Å². The van der Waals surface area contributed by atoms with Crippen molar-refractivity contribution < 1.29 is 31.5 Å². The second-order valence-corrected chi connectivity index (χ2v) is 11.8. The molecule has 1 saturated heterocycles. The number of halogens is 5. The largest absolute Gasteiger partial charge is 0.488 e. The fourth-order valence-electron chi connectivity index (χ4n) is 6.22. The Labute approximate surface area is 253 Å². The topological polar surface area (TPSA) is 53.6 Å². The van der Waals surface area contributed by atoms with E-state index in [1.807, 2.05) is 35.2 Å². The van der Waals surface area contributed by atoms with Crippen LogP contribution >= 0.6 is 0 Å². The first-order chi connectivity index (χ1) is 21.3. The van der Waals surface area contributed by atoms with Crippen molar-refractivity contribution in [2.75, 3.05) is 26.2 Å². The smallest absolute Gasteiger partial charge is 0.251 e. The fraction of sp³-hybridized carbons (Fsp3) is 0.382. The number of aryl methyl sites for hydroxylation is 1. The molecule has 2 aliphatic heterocycles. The number of nitrogens with one attached hydrogen (secondary N) is 2. The van der Waals surface area contributed by atoms with Crippen LogP contribution in [0.25, 0.3) is 0 Å². The van der Waals surface area contributed by atoms with Gasteiger partial charge in [0.2, 0.25) is 5.82 Å². The number of fused-ring (bicyclic) bond motifs is 2. The lowest BCUT2D eigenvalue weighted by molar-refractivity contribution is -0.128. The minimum Gasteiger partial charge on any atom is -0.488 e. The Hall–Kier alpha value is -3.76. The molecule has 0 aromatic heterocycles. The van der Waals surface area contributed by atoms with E-state index in [1.54, 1.807) is 6.07 Å². The zero-order valence-electron chi connectivity index (χ0n) is 24.2. The molecule has 44 heavy (non-hydrogen) atoms. The number of hydrogen-bond acceptors (Lipinski definition) is 4. The van der Waals surface area contributed by atoms with Crippen molar-refractivity contribution in [2.24, 2.45) is 0 Å². The maximum Gasteiger partial charge on any atom is 0.251 e. The SMILES string of the molecule is O=C(C1=CCC2(c3ccc(CCCOc4c(F)ccc(F)c4F)cc3)CNCC1N2)N(CCc1cccc(F)c1F)C1CC1. The van der Waals surface area contributed by atoms with Crippen molar-refractivity contribution in [3.63, 3.8) is 0 Å². The van der Waals surface area contributed by atoms with Crippen LogP contribution in [0.3, 0.4) is 0 Å². The predicted molar refractivity (Wildman–Crippen MR) is 156 cm³/mol. The fourth-order valence-corrected chi connectivity index (χ4v) is 6.22. The molecule has 2 N–H and O–H groups in total. The summed E-state index contributed by atoms with van der Waals surface area (Å²) in [6.45, 7) is 1.64. The van der Waals surface area contributed by atoms with Gasteiger partial charge in [0.05, 0.1) is 18.2 Å². The summed E-state index contributed by atoms with van der Waals surface area (Å²) >= 11 is 0. The molecule has 1 amide bonds. The van der Waals surface area contributed by atoms with E-state index in [9.17, 15) is 26.7 Å². The normalized spacial score (nSPS) is 21.1. The molecule has 2 fully saturated rings. The van der Waals surface area contributed by atoms with Gasteiger partial charge in [0.25, 0.3) is 5.91 Å². The maximum atomic E-state index is 14.3. The molecular weight excluding hydrogens is 577 g/mol. The molecule has 3 aliphatic rings. The highest BCUT2D eigenvalue weighted by Gasteiger charge is 2.44. The van der Waals surface area contributed by atoms with E-state index in [0.717, 1.165) is 42.2 Å². The summed E-state index contributed by atoms with van der Waals surface area (Å²) in [7, 11) is 0. The van der Waals surface area contributed by atoms with E-state index in [0.29, 0.717) is 44.5 Å². The van der Waals surface area contributed by atoms with Gasteiger partial charge >= 0.3 is 0 Å². The lowest BCUT2D eigenvalue weighted by Gasteiger charge is -2.47. The molecule has 1 saturated carbocycles. The monoisotopic (exact) mass is 611 g/mol. The van der Waals surface area contributed by atoms with Gasteiger partial charge in [0, 0.05) is 31.2 Å². The van der Waals surface area contributed by atoms with Gasteiger partial charge in [0.1, 0.15) is 0 Å². The number of ether oxygens (including phenoxy) is 1. The minimum atomic E-state index is -1.33. The Kier molecular flexibility index (Phi) is 8.73. The van der Waals surface area contributed by atoms with Crippen LogP contribution in [0.1, 0.15) is 42.4 Å². The lowest BCUT2D eigenvalue weighted by Crippen LogP contribution is -2.65. The molecule has 2 atom stereocenters. The van der Waals surface area contributed by atoms with E-state index in [2.05, 4.69) is 10.6 Å². The van der Waals surface area contributed by atoms with Gasteiger partial charge in [-0.1, -0.05) is 42.5 Å². The number of hydrogen-bond donors (Lipinski definition) is 2. The molecular formula is C34H34F5N3O2. The van der Waals surface area contributed by atoms with Crippen molar-refractivity contribution in [2.45, 2.75) is 56.1 Å². The molecule has 232 valence electrons. The molecule has 2 unspecified atom stereocenters. The number of rotatable bonds is 11. The third-order valence-electron chi connectivity index (χ3n) is 8.79. The number of nitrogens with zero attached hydrogens (tertiary/aromatic N) is 1. The van der Waals surface area contributed by atoms with E-state index in [4.69, 9.17) is 4.74 Å². The minimum absolute atomic E-state index is 0.0345. The molecule has 6 rings (SSSR count). The molecule has 10 heteroatoms. The number of amides is 1.